The Kier molecular flexibility index (Phi) is 4.86. The molecule has 3 rings (SSSR count). The Morgan fingerprint density at radius 2 is 1.90 bits per heavy atom. The third kappa shape index (κ3) is 3.05. The summed E-state index contributed by atoms with van der Waals surface area (Å²) in [6.07, 6.45) is 1.61. The molecule has 0 amide bonds. The molecule has 2 aromatic heterocycles. The van der Waals surface area contributed by atoms with E-state index in [1.54, 1.807) is 17.7 Å². The zero-order valence-electron chi connectivity index (χ0n) is 11.9. The van der Waals surface area contributed by atoms with Gasteiger partial charge in [-0.25, -0.2) is 9.97 Å². The van der Waals surface area contributed by atoms with Gasteiger partial charge in [-0.1, -0.05) is 22.0 Å². The summed E-state index contributed by atoms with van der Waals surface area (Å²) in [5.41, 5.74) is 3.48. The Balaban J connectivity index is 0.00000161. The van der Waals surface area contributed by atoms with Gasteiger partial charge in [-0.3, -0.25) is 0 Å². The molecule has 0 radical (unpaired) electrons. The van der Waals surface area contributed by atoms with Crippen LogP contribution in [0.25, 0.3) is 10.2 Å². The normalized spacial score (nSPS) is 10.5. The maximum atomic E-state index is 4.40. The number of aryl methyl sites for hydroxylation is 3. The second-order valence-electron chi connectivity index (χ2n) is 4.77. The molecule has 0 unspecified atom stereocenters. The molecular formula is C15H14BrClN3S-. The van der Waals surface area contributed by atoms with E-state index in [4.69, 9.17) is 0 Å². The SMILES string of the molecule is Cc1ccc(Nc2ncnc3sc(C)c(C)c23)cc1Br.[Cl-]. The van der Waals surface area contributed by atoms with Crippen molar-refractivity contribution in [1.29, 1.82) is 0 Å². The van der Waals surface area contributed by atoms with Crippen LogP contribution in [0.2, 0.25) is 0 Å². The van der Waals surface area contributed by atoms with Gasteiger partial charge in [0.25, 0.3) is 0 Å². The van der Waals surface area contributed by atoms with Gasteiger partial charge in [-0.05, 0) is 44.0 Å². The lowest BCUT2D eigenvalue weighted by Crippen LogP contribution is -3.00. The number of hydrogen-bond donors (Lipinski definition) is 1. The lowest BCUT2D eigenvalue weighted by molar-refractivity contribution is -0.00000407. The molecule has 110 valence electrons. The highest BCUT2D eigenvalue weighted by atomic mass is 79.9. The number of thiophene rings is 1. The molecule has 3 nitrogen and oxygen atoms in total. The summed E-state index contributed by atoms with van der Waals surface area (Å²) in [6, 6.07) is 6.21. The topological polar surface area (TPSA) is 37.8 Å². The third-order valence-corrected chi connectivity index (χ3v) is 5.37. The summed E-state index contributed by atoms with van der Waals surface area (Å²) in [4.78, 5) is 11.1. The fourth-order valence-electron chi connectivity index (χ4n) is 2.08. The van der Waals surface area contributed by atoms with E-state index >= 15 is 0 Å². The maximum absolute atomic E-state index is 4.40. The molecule has 1 aromatic carbocycles. The van der Waals surface area contributed by atoms with Crippen molar-refractivity contribution in [2.24, 2.45) is 0 Å². The van der Waals surface area contributed by atoms with Crippen LogP contribution in [0.15, 0.2) is 29.0 Å². The second kappa shape index (κ2) is 6.30. The summed E-state index contributed by atoms with van der Waals surface area (Å²) in [7, 11) is 0. The van der Waals surface area contributed by atoms with E-state index in [2.05, 4.69) is 70.2 Å². The van der Waals surface area contributed by atoms with E-state index < -0.39 is 0 Å². The standard InChI is InChI=1S/C15H14BrN3S.ClH/c1-8-4-5-11(6-12(8)16)19-14-13-9(2)10(3)20-15(13)18-7-17-14;/h4-7H,1-3H3,(H,17,18,19);1H/p-1. The Bertz CT molecular complexity index is 801. The summed E-state index contributed by atoms with van der Waals surface area (Å²) in [5.74, 6) is 0.868. The number of nitrogens with zero attached hydrogens (tertiary/aromatic N) is 2. The number of halogens is 2. The van der Waals surface area contributed by atoms with Crippen LogP contribution in [-0.4, -0.2) is 9.97 Å². The molecule has 3 aromatic rings. The molecule has 0 aliphatic rings. The van der Waals surface area contributed by atoms with Crippen LogP contribution in [0.1, 0.15) is 16.0 Å². The van der Waals surface area contributed by atoms with E-state index in [1.807, 2.05) is 0 Å². The molecule has 0 fully saturated rings. The first kappa shape index (κ1) is 16.2. The Hall–Kier alpha value is -1.17. The highest BCUT2D eigenvalue weighted by molar-refractivity contribution is 9.10. The molecule has 0 bridgehead atoms. The average molecular weight is 384 g/mol. The van der Waals surface area contributed by atoms with Crippen LogP contribution in [0.3, 0.4) is 0 Å². The second-order valence-corrected chi connectivity index (χ2v) is 6.83. The number of rotatable bonds is 2. The Labute approximate surface area is 142 Å². The van der Waals surface area contributed by atoms with Crippen molar-refractivity contribution in [3.63, 3.8) is 0 Å². The Morgan fingerprint density at radius 1 is 1.14 bits per heavy atom. The quantitative estimate of drug-likeness (QED) is 0.737. The fourth-order valence-corrected chi connectivity index (χ4v) is 3.46. The minimum Gasteiger partial charge on any atom is -1.00 e. The van der Waals surface area contributed by atoms with Crippen LogP contribution in [0.4, 0.5) is 11.5 Å². The molecule has 0 saturated carbocycles. The maximum Gasteiger partial charge on any atom is 0.142 e. The largest absolute Gasteiger partial charge is 1.00 e. The number of anilines is 2. The van der Waals surface area contributed by atoms with Gasteiger partial charge in [0.05, 0.1) is 5.39 Å². The number of hydrogen-bond acceptors (Lipinski definition) is 4. The summed E-state index contributed by atoms with van der Waals surface area (Å²) in [5, 5.41) is 4.51. The molecule has 2 heterocycles. The van der Waals surface area contributed by atoms with Gasteiger partial charge in [-0.15, -0.1) is 11.3 Å². The predicted molar refractivity (Wildman–Crippen MR) is 89.1 cm³/mol. The minimum absolute atomic E-state index is 0. The van der Waals surface area contributed by atoms with E-state index in [0.29, 0.717) is 0 Å². The molecule has 0 spiro atoms. The molecular weight excluding hydrogens is 370 g/mol. The van der Waals surface area contributed by atoms with E-state index in [-0.39, 0.29) is 12.4 Å². The molecule has 6 heteroatoms. The van der Waals surface area contributed by atoms with Crippen molar-refractivity contribution >= 4 is 49.0 Å². The first-order valence-electron chi connectivity index (χ1n) is 6.30. The smallest absolute Gasteiger partial charge is 0.142 e. The molecule has 0 aliphatic carbocycles. The van der Waals surface area contributed by atoms with Crippen LogP contribution in [0, 0.1) is 20.8 Å². The molecule has 1 N–H and O–H groups in total. The van der Waals surface area contributed by atoms with Crippen molar-refractivity contribution in [1.82, 2.24) is 9.97 Å². The third-order valence-electron chi connectivity index (χ3n) is 3.40. The predicted octanol–water partition coefficient (Wildman–Crippen LogP) is 2.13. The molecule has 0 aliphatic heterocycles. The van der Waals surface area contributed by atoms with Gasteiger partial charge >= 0.3 is 0 Å². The highest BCUT2D eigenvalue weighted by Crippen LogP contribution is 2.34. The van der Waals surface area contributed by atoms with Crippen LogP contribution < -0.4 is 17.7 Å². The molecule has 0 saturated heterocycles. The zero-order chi connectivity index (χ0) is 14.3. The summed E-state index contributed by atoms with van der Waals surface area (Å²) in [6.45, 7) is 6.31. The van der Waals surface area contributed by atoms with Gasteiger partial charge in [0.2, 0.25) is 0 Å². The lowest BCUT2D eigenvalue weighted by atomic mass is 10.2. The van der Waals surface area contributed by atoms with Crippen LogP contribution >= 0.6 is 27.3 Å². The van der Waals surface area contributed by atoms with Crippen molar-refractivity contribution < 1.29 is 12.4 Å². The monoisotopic (exact) mass is 382 g/mol. The molecule has 0 atom stereocenters. The fraction of sp³-hybridized carbons (Fsp3) is 0.200. The van der Waals surface area contributed by atoms with Crippen molar-refractivity contribution in [2.75, 3.05) is 5.32 Å². The highest BCUT2D eigenvalue weighted by Gasteiger charge is 2.12. The van der Waals surface area contributed by atoms with E-state index in [1.165, 1.54) is 16.0 Å². The number of benzene rings is 1. The first-order chi connectivity index (χ1) is 9.56. The first-order valence-corrected chi connectivity index (χ1v) is 7.91. The van der Waals surface area contributed by atoms with Crippen LogP contribution in [0.5, 0.6) is 0 Å². The van der Waals surface area contributed by atoms with E-state index in [0.717, 1.165) is 26.2 Å². The van der Waals surface area contributed by atoms with Crippen LogP contribution in [-0.2, 0) is 0 Å². The van der Waals surface area contributed by atoms with Crippen molar-refractivity contribution in [3.05, 3.63) is 45.0 Å². The lowest BCUT2D eigenvalue weighted by Gasteiger charge is -2.08. The van der Waals surface area contributed by atoms with Gasteiger partial charge < -0.3 is 17.7 Å². The average Bonchev–Trinajstić information content (AvgIpc) is 2.71. The van der Waals surface area contributed by atoms with Gasteiger partial charge in [0.1, 0.15) is 17.0 Å². The minimum atomic E-state index is 0. The van der Waals surface area contributed by atoms with Crippen molar-refractivity contribution in [3.8, 4) is 0 Å². The number of aromatic nitrogens is 2. The number of nitrogens with one attached hydrogen (secondary N) is 1. The summed E-state index contributed by atoms with van der Waals surface area (Å²) >= 11 is 5.27. The van der Waals surface area contributed by atoms with Gasteiger partial charge in [-0.2, -0.15) is 0 Å². The van der Waals surface area contributed by atoms with Gasteiger partial charge in [0.15, 0.2) is 0 Å². The van der Waals surface area contributed by atoms with Crippen molar-refractivity contribution in [2.45, 2.75) is 20.8 Å². The summed E-state index contributed by atoms with van der Waals surface area (Å²) < 4.78 is 1.09. The number of fused-ring (bicyclic) bond motifs is 1. The van der Waals surface area contributed by atoms with E-state index in [9.17, 15) is 0 Å². The molecule has 21 heavy (non-hydrogen) atoms. The Morgan fingerprint density at radius 3 is 2.62 bits per heavy atom. The van der Waals surface area contributed by atoms with Gasteiger partial charge in [0, 0.05) is 15.0 Å². The zero-order valence-corrected chi connectivity index (χ0v) is 15.0.